The van der Waals surface area contributed by atoms with Crippen LogP contribution in [0.4, 0.5) is 4.39 Å². The molecule has 1 N–H and O–H groups in total. The molecule has 2 amide bonds. The Hall–Kier alpha value is -2.45. The molecule has 4 rings (SSSR count). The number of benzene rings is 1. The summed E-state index contributed by atoms with van der Waals surface area (Å²) in [7, 11) is 0. The van der Waals surface area contributed by atoms with Crippen molar-refractivity contribution in [2.45, 2.75) is 44.2 Å². The van der Waals surface area contributed by atoms with Gasteiger partial charge in [-0.3, -0.25) is 14.5 Å². The van der Waals surface area contributed by atoms with Gasteiger partial charge in [0.15, 0.2) is 5.76 Å². The van der Waals surface area contributed by atoms with Gasteiger partial charge in [-0.15, -0.1) is 0 Å². The van der Waals surface area contributed by atoms with Crippen LogP contribution in [0.2, 0.25) is 0 Å². The minimum atomic E-state index is -0.331. The molecule has 174 valence electrons. The number of rotatable bonds is 7. The lowest BCUT2D eigenvalue weighted by molar-refractivity contribution is -0.151. The normalized spacial score (nSPS) is 25.3. The number of nitrogens with one attached hydrogen (secondary N) is 1. The van der Waals surface area contributed by atoms with Crippen molar-refractivity contribution in [1.29, 1.82) is 0 Å². The van der Waals surface area contributed by atoms with Crippen molar-refractivity contribution >= 4 is 17.9 Å². The van der Waals surface area contributed by atoms with E-state index in [1.54, 1.807) is 23.1 Å². The molecule has 2 aliphatic heterocycles. The van der Waals surface area contributed by atoms with E-state index in [-0.39, 0.29) is 42.1 Å². The van der Waals surface area contributed by atoms with Gasteiger partial charge < -0.3 is 19.7 Å². The molecule has 0 aromatic heterocycles. The summed E-state index contributed by atoms with van der Waals surface area (Å²) < 4.78 is 24.6. The Morgan fingerprint density at radius 2 is 1.91 bits per heavy atom. The fraction of sp³-hybridized carbons (Fsp3) is 0.583. The molecule has 3 aliphatic rings. The molecular formula is C24H32FN3O4. The molecular weight excluding hydrogens is 413 g/mol. The Bertz CT molecular complexity index is 823. The number of morpholine rings is 2. The fourth-order valence-electron chi connectivity index (χ4n) is 4.64. The number of halogens is 1. The quantitative estimate of drug-likeness (QED) is 0.515. The topological polar surface area (TPSA) is 71.1 Å². The summed E-state index contributed by atoms with van der Waals surface area (Å²) in [6, 6.07) is 5.84. The van der Waals surface area contributed by atoms with Crippen LogP contribution in [-0.2, 0) is 19.1 Å². The molecule has 0 spiro atoms. The Balaban J connectivity index is 1.35. The van der Waals surface area contributed by atoms with Gasteiger partial charge in [-0.25, -0.2) is 4.39 Å². The molecule has 1 aromatic rings. The molecule has 2 saturated heterocycles. The Morgan fingerprint density at radius 3 is 2.69 bits per heavy atom. The van der Waals surface area contributed by atoms with E-state index in [1.165, 1.54) is 12.1 Å². The van der Waals surface area contributed by atoms with Gasteiger partial charge >= 0.3 is 0 Å². The van der Waals surface area contributed by atoms with Crippen molar-refractivity contribution in [3.05, 3.63) is 41.4 Å². The Kier molecular flexibility index (Phi) is 7.76. The number of nitrogens with zero attached hydrogens (tertiary/aromatic N) is 2. The maximum absolute atomic E-state index is 13.2. The third kappa shape index (κ3) is 5.86. The van der Waals surface area contributed by atoms with Gasteiger partial charge in [-0.2, -0.15) is 0 Å². The van der Waals surface area contributed by atoms with Crippen LogP contribution >= 0.6 is 0 Å². The first-order valence-corrected chi connectivity index (χ1v) is 11.6. The van der Waals surface area contributed by atoms with Gasteiger partial charge in [0.05, 0.1) is 19.3 Å². The van der Waals surface area contributed by atoms with Crippen LogP contribution in [0.25, 0.3) is 6.08 Å². The first kappa shape index (κ1) is 22.7. The molecule has 8 heteroatoms. The molecule has 1 aliphatic carbocycles. The summed E-state index contributed by atoms with van der Waals surface area (Å²) in [5.41, 5.74) is 0.691. The second-order valence-electron chi connectivity index (χ2n) is 8.66. The van der Waals surface area contributed by atoms with Gasteiger partial charge in [-0.05, 0) is 56.0 Å². The smallest absolute Gasteiger partial charge is 0.289 e. The third-order valence-corrected chi connectivity index (χ3v) is 6.38. The molecule has 2 atom stereocenters. The second-order valence-corrected chi connectivity index (χ2v) is 8.66. The zero-order valence-electron chi connectivity index (χ0n) is 18.4. The SMILES string of the molecule is O=C(CN1C(=O)/C(=C\c2ccc(F)cc2)OC2CCCCC21)NCCCN1CCOCC1. The number of hydrogen-bond acceptors (Lipinski definition) is 5. The van der Waals surface area contributed by atoms with E-state index in [2.05, 4.69) is 10.2 Å². The first-order valence-electron chi connectivity index (χ1n) is 11.6. The summed E-state index contributed by atoms with van der Waals surface area (Å²) in [4.78, 5) is 29.8. The number of amides is 2. The minimum absolute atomic E-state index is 0.0294. The molecule has 0 radical (unpaired) electrons. The zero-order valence-corrected chi connectivity index (χ0v) is 18.4. The molecule has 32 heavy (non-hydrogen) atoms. The van der Waals surface area contributed by atoms with E-state index in [1.807, 2.05) is 0 Å². The van der Waals surface area contributed by atoms with Gasteiger partial charge in [0.1, 0.15) is 18.5 Å². The average molecular weight is 446 g/mol. The zero-order chi connectivity index (χ0) is 22.3. The summed E-state index contributed by atoms with van der Waals surface area (Å²) in [6.45, 7) is 4.94. The van der Waals surface area contributed by atoms with Crippen LogP contribution in [0.15, 0.2) is 30.0 Å². The van der Waals surface area contributed by atoms with E-state index in [4.69, 9.17) is 9.47 Å². The number of ether oxygens (including phenoxy) is 2. The van der Waals surface area contributed by atoms with Crippen molar-refractivity contribution in [2.75, 3.05) is 45.9 Å². The van der Waals surface area contributed by atoms with E-state index in [0.29, 0.717) is 12.1 Å². The summed E-state index contributed by atoms with van der Waals surface area (Å²) in [6.07, 6.45) is 6.15. The number of carbonyl (C=O) groups is 2. The monoisotopic (exact) mass is 445 g/mol. The predicted octanol–water partition coefficient (Wildman–Crippen LogP) is 2.18. The van der Waals surface area contributed by atoms with Gasteiger partial charge in [0.2, 0.25) is 5.91 Å². The van der Waals surface area contributed by atoms with Crippen LogP contribution in [0, 0.1) is 5.82 Å². The molecule has 1 aromatic carbocycles. The third-order valence-electron chi connectivity index (χ3n) is 6.38. The summed E-state index contributed by atoms with van der Waals surface area (Å²) in [5.74, 6) is -0.532. The Labute approximate surface area is 188 Å². The number of hydrogen-bond donors (Lipinski definition) is 1. The lowest BCUT2D eigenvalue weighted by Gasteiger charge is -2.44. The van der Waals surface area contributed by atoms with Crippen molar-refractivity contribution in [3.8, 4) is 0 Å². The van der Waals surface area contributed by atoms with Crippen molar-refractivity contribution < 1.29 is 23.5 Å². The van der Waals surface area contributed by atoms with Crippen LogP contribution in [0.1, 0.15) is 37.7 Å². The summed E-state index contributed by atoms with van der Waals surface area (Å²) in [5, 5.41) is 2.96. The van der Waals surface area contributed by atoms with E-state index in [0.717, 1.165) is 65.0 Å². The fourth-order valence-corrected chi connectivity index (χ4v) is 4.64. The average Bonchev–Trinajstić information content (AvgIpc) is 2.81. The van der Waals surface area contributed by atoms with Gasteiger partial charge in [-0.1, -0.05) is 18.6 Å². The summed E-state index contributed by atoms with van der Waals surface area (Å²) >= 11 is 0. The van der Waals surface area contributed by atoms with Gasteiger partial charge in [0.25, 0.3) is 5.91 Å². The van der Waals surface area contributed by atoms with Crippen molar-refractivity contribution in [2.24, 2.45) is 0 Å². The largest absolute Gasteiger partial charge is 0.482 e. The molecule has 2 heterocycles. The minimum Gasteiger partial charge on any atom is -0.482 e. The van der Waals surface area contributed by atoms with Crippen LogP contribution in [0.3, 0.4) is 0 Å². The highest BCUT2D eigenvalue weighted by Crippen LogP contribution is 2.33. The maximum Gasteiger partial charge on any atom is 0.289 e. The number of fused-ring (bicyclic) bond motifs is 1. The lowest BCUT2D eigenvalue weighted by atomic mass is 9.89. The molecule has 1 saturated carbocycles. The maximum atomic E-state index is 13.2. The van der Waals surface area contributed by atoms with E-state index >= 15 is 0 Å². The highest BCUT2D eigenvalue weighted by atomic mass is 19.1. The molecule has 2 unspecified atom stereocenters. The van der Waals surface area contributed by atoms with Crippen LogP contribution in [0.5, 0.6) is 0 Å². The number of carbonyl (C=O) groups excluding carboxylic acids is 2. The first-order chi connectivity index (χ1) is 15.6. The molecule has 7 nitrogen and oxygen atoms in total. The second kappa shape index (κ2) is 10.9. The molecule has 0 bridgehead atoms. The van der Waals surface area contributed by atoms with Crippen molar-refractivity contribution in [3.63, 3.8) is 0 Å². The van der Waals surface area contributed by atoms with Gasteiger partial charge in [0, 0.05) is 19.6 Å². The highest BCUT2D eigenvalue weighted by molar-refractivity contribution is 5.98. The lowest BCUT2D eigenvalue weighted by Crippen LogP contribution is -2.57. The standard InChI is InChI=1S/C24H32FN3O4/c25-19-8-6-18(7-9-19)16-22-24(30)28(20-4-1-2-5-21(20)32-22)17-23(29)26-10-3-11-27-12-14-31-15-13-27/h6-9,16,20-21H,1-5,10-15,17H2,(H,26,29)/b22-16+. The van der Waals surface area contributed by atoms with Crippen LogP contribution in [-0.4, -0.2) is 79.7 Å². The van der Waals surface area contributed by atoms with Crippen molar-refractivity contribution in [1.82, 2.24) is 15.1 Å². The Morgan fingerprint density at radius 1 is 1.16 bits per heavy atom. The molecule has 3 fully saturated rings. The van der Waals surface area contributed by atoms with E-state index < -0.39 is 0 Å². The predicted molar refractivity (Wildman–Crippen MR) is 118 cm³/mol. The van der Waals surface area contributed by atoms with E-state index in [9.17, 15) is 14.0 Å². The van der Waals surface area contributed by atoms with Crippen LogP contribution < -0.4 is 5.32 Å². The highest BCUT2D eigenvalue weighted by Gasteiger charge is 2.42.